The van der Waals surface area contributed by atoms with Gasteiger partial charge in [0.15, 0.2) is 0 Å². The van der Waals surface area contributed by atoms with Gasteiger partial charge in [0, 0.05) is 11.3 Å². The monoisotopic (exact) mass is 306 g/mol. The fourth-order valence-corrected chi connectivity index (χ4v) is 4.11. The fraction of sp³-hybridized carbons (Fsp3) is 0.588. The van der Waals surface area contributed by atoms with Gasteiger partial charge in [-0.1, -0.05) is 43.7 Å². The summed E-state index contributed by atoms with van der Waals surface area (Å²) < 4.78 is 0. The number of hydrogen-bond acceptors (Lipinski definition) is 3. The van der Waals surface area contributed by atoms with Crippen molar-refractivity contribution in [1.29, 1.82) is 0 Å². The summed E-state index contributed by atoms with van der Waals surface area (Å²) in [5.41, 5.74) is 7.16. The molecule has 1 saturated carbocycles. The van der Waals surface area contributed by atoms with Gasteiger partial charge in [-0.25, -0.2) is 0 Å². The van der Waals surface area contributed by atoms with E-state index >= 15 is 0 Å². The number of nitrogens with two attached hydrogens (primary N) is 1. The van der Waals surface area contributed by atoms with E-state index in [-0.39, 0.29) is 5.91 Å². The average Bonchev–Trinajstić information content (AvgIpc) is 2.49. The minimum absolute atomic E-state index is 0.00833. The second-order valence-corrected chi connectivity index (χ2v) is 7.32. The zero-order chi connectivity index (χ0) is 15.1. The number of amides is 1. The van der Waals surface area contributed by atoms with E-state index in [4.69, 9.17) is 5.73 Å². The minimum atomic E-state index is -0.452. The van der Waals surface area contributed by atoms with Gasteiger partial charge >= 0.3 is 0 Å². The molecule has 3 atom stereocenters. The smallest absolute Gasteiger partial charge is 0.237 e. The zero-order valence-electron chi connectivity index (χ0n) is 12.8. The molecule has 1 amide bonds. The molecular formula is C17H26N2OS. The van der Waals surface area contributed by atoms with Gasteiger partial charge in [-0.05, 0) is 37.0 Å². The number of nitrogens with one attached hydrogen (secondary N) is 1. The summed E-state index contributed by atoms with van der Waals surface area (Å²) in [5, 5.41) is 3.84. The molecule has 1 aliphatic carbocycles. The Hall–Kier alpha value is -1.00. The van der Waals surface area contributed by atoms with E-state index in [1.165, 1.54) is 12.8 Å². The van der Waals surface area contributed by atoms with Gasteiger partial charge < -0.3 is 11.1 Å². The van der Waals surface area contributed by atoms with Gasteiger partial charge in [-0.2, -0.15) is 11.8 Å². The van der Waals surface area contributed by atoms with Crippen molar-refractivity contribution >= 4 is 17.7 Å². The van der Waals surface area contributed by atoms with Gasteiger partial charge in [0.1, 0.15) is 0 Å². The second kappa shape index (κ2) is 8.44. The highest BCUT2D eigenvalue weighted by atomic mass is 32.2. The molecule has 0 heterocycles. The summed E-state index contributed by atoms with van der Waals surface area (Å²) in [4.78, 5) is 12.2. The number of hydrogen-bond donors (Lipinski definition) is 2. The molecule has 1 aliphatic rings. The van der Waals surface area contributed by atoms with Crippen LogP contribution >= 0.6 is 11.8 Å². The predicted molar refractivity (Wildman–Crippen MR) is 90.4 cm³/mol. The number of rotatable bonds is 6. The van der Waals surface area contributed by atoms with Crippen LogP contribution in [0.4, 0.5) is 0 Å². The highest BCUT2D eigenvalue weighted by Crippen LogP contribution is 2.28. The van der Waals surface area contributed by atoms with Crippen LogP contribution in [0.15, 0.2) is 30.3 Å². The minimum Gasteiger partial charge on any atom is -0.352 e. The van der Waals surface area contributed by atoms with Crippen molar-refractivity contribution in [3.8, 4) is 0 Å². The number of carbonyl (C=O) groups excluding carboxylic acids is 1. The maximum absolute atomic E-state index is 12.2. The van der Waals surface area contributed by atoms with E-state index in [0.29, 0.717) is 17.7 Å². The molecule has 1 aromatic rings. The molecule has 0 aromatic heterocycles. The largest absolute Gasteiger partial charge is 0.352 e. The first-order valence-corrected chi connectivity index (χ1v) is 8.95. The van der Waals surface area contributed by atoms with Crippen LogP contribution in [-0.2, 0) is 11.2 Å². The highest BCUT2D eigenvalue weighted by molar-refractivity contribution is 7.99. The predicted octanol–water partition coefficient (Wildman–Crippen LogP) is 2.74. The van der Waals surface area contributed by atoms with Gasteiger partial charge in [0.2, 0.25) is 5.91 Å². The lowest BCUT2D eigenvalue weighted by Gasteiger charge is -2.30. The van der Waals surface area contributed by atoms with E-state index in [9.17, 15) is 4.79 Å². The molecular weight excluding hydrogens is 280 g/mol. The molecule has 2 rings (SSSR count). The summed E-state index contributed by atoms with van der Waals surface area (Å²) in [5.74, 6) is 1.14. The molecule has 4 heteroatoms. The van der Waals surface area contributed by atoms with Gasteiger partial charge in [0.05, 0.1) is 6.04 Å². The van der Waals surface area contributed by atoms with Crippen molar-refractivity contribution < 1.29 is 4.79 Å². The molecule has 116 valence electrons. The normalized spacial score (nSPS) is 23.5. The van der Waals surface area contributed by atoms with Crippen LogP contribution in [0.5, 0.6) is 0 Å². The van der Waals surface area contributed by atoms with E-state index in [2.05, 4.69) is 12.2 Å². The van der Waals surface area contributed by atoms with Gasteiger partial charge in [0.25, 0.3) is 0 Å². The second-order valence-electron chi connectivity index (χ2n) is 5.75. The topological polar surface area (TPSA) is 55.1 Å². The maximum atomic E-state index is 12.2. The maximum Gasteiger partial charge on any atom is 0.237 e. The van der Waals surface area contributed by atoms with Crippen LogP contribution in [0.3, 0.4) is 0 Å². The molecule has 0 spiro atoms. The molecule has 3 N–H and O–H groups in total. The Morgan fingerprint density at radius 3 is 2.86 bits per heavy atom. The first-order chi connectivity index (χ1) is 10.2. The molecule has 3 nitrogen and oxygen atoms in total. The summed E-state index contributed by atoms with van der Waals surface area (Å²) >= 11 is 2.01. The quantitative estimate of drug-likeness (QED) is 0.849. The lowest BCUT2D eigenvalue weighted by Crippen LogP contribution is -2.48. The van der Waals surface area contributed by atoms with Crippen molar-refractivity contribution in [3.63, 3.8) is 0 Å². The van der Waals surface area contributed by atoms with Crippen LogP contribution in [0.1, 0.15) is 38.2 Å². The number of thioether (sulfide) groups is 1. The molecule has 0 aliphatic heterocycles. The standard InChI is InChI=1S/C17H26N2OS/c1-2-21-15-10-6-9-14(12-15)19-17(20)16(18)11-13-7-4-3-5-8-13/h3-5,7-8,14-16H,2,6,9-12,18H2,1H3,(H,19,20)/t14?,15?,16-/m0/s1. The Balaban J connectivity index is 1.80. The zero-order valence-corrected chi connectivity index (χ0v) is 13.6. The molecule has 0 saturated heterocycles. The lowest BCUT2D eigenvalue weighted by atomic mass is 9.94. The Kier molecular flexibility index (Phi) is 6.58. The molecule has 0 bridgehead atoms. The molecule has 2 unspecified atom stereocenters. The van der Waals surface area contributed by atoms with Crippen LogP contribution in [-0.4, -0.2) is 29.0 Å². The Morgan fingerprint density at radius 2 is 2.14 bits per heavy atom. The van der Waals surface area contributed by atoms with Crippen molar-refractivity contribution in [3.05, 3.63) is 35.9 Å². The Labute approximate surface area is 132 Å². The van der Waals surface area contributed by atoms with E-state index in [0.717, 1.165) is 24.2 Å². The lowest BCUT2D eigenvalue weighted by molar-refractivity contribution is -0.123. The summed E-state index contributed by atoms with van der Waals surface area (Å²) in [6, 6.07) is 9.82. The first kappa shape index (κ1) is 16.4. The average molecular weight is 306 g/mol. The van der Waals surface area contributed by atoms with E-state index in [1.807, 2.05) is 42.1 Å². The van der Waals surface area contributed by atoms with Crippen LogP contribution in [0.2, 0.25) is 0 Å². The van der Waals surface area contributed by atoms with Crippen LogP contribution in [0, 0.1) is 0 Å². The number of benzene rings is 1. The third kappa shape index (κ3) is 5.36. The summed E-state index contributed by atoms with van der Waals surface area (Å²) in [6.07, 6.45) is 5.26. The Morgan fingerprint density at radius 1 is 1.38 bits per heavy atom. The van der Waals surface area contributed by atoms with E-state index in [1.54, 1.807) is 0 Å². The van der Waals surface area contributed by atoms with E-state index < -0.39 is 6.04 Å². The summed E-state index contributed by atoms with van der Waals surface area (Å²) in [6.45, 7) is 2.20. The fourth-order valence-electron chi connectivity index (χ4n) is 2.93. The first-order valence-electron chi connectivity index (χ1n) is 7.90. The molecule has 1 fully saturated rings. The van der Waals surface area contributed by atoms with Crippen molar-refractivity contribution in [2.75, 3.05) is 5.75 Å². The summed E-state index contributed by atoms with van der Waals surface area (Å²) in [7, 11) is 0. The third-order valence-electron chi connectivity index (χ3n) is 4.01. The van der Waals surface area contributed by atoms with Crippen LogP contribution in [0.25, 0.3) is 0 Å². The SMILES string of the molecule is CCSC1CCCC(NC(=O)[C@@H](N)Cc2ccccc2)C1. The molecule has 1 aromatic carbocycles. The van der Waals surface area contributed by atoms with Gasteiger partial charge in [-0.3, -0.25) is 4.79 Å². The molecule has 0 radical (unpaired) electrons. The Bertz CT molecular complexity index is 436. The van der Waals surface area contributed by atoms with Crippen molar-refractivity contribution in [2.24, 2.45) is 5.73 Å². The van der Waals surface area contributed by atoms with Crippen molar-refractivity contribution in [2.45, 2.75) is 56.4 Å². The number of carbonyl (C=O) groups is 1. The highest BCUT2D eigenvalue weighted by Gasteiger charge is 2.24. The van der Waals surface area contributed by atoms with Gasteiger partial charge in [-0.15, -0.1) is 0 Å². The third-order valence-corrected chi connectivity index (χ3v) is 5.24. The van der Waals surface area contributed by atoms with Crippen LogP contribution < -0.4 is 11.1 Å². The van der Waals surface area contributed by atoms with Crippen molar-refractivity contribution in [1.82, 2.24) is 5.32 Å². The molecule has 21 heavy (non-hydrogen) atoms.